The molecule has 40 heavy (non-hydrogen) atoms. The molecule has 0 aliphatic carbocycles. The van der Waals surface area contributed by atoms with Crippen LogP contribution < -0.4 is 15.8 Å². The van der Waals surface area contributed by atoms with Crippen LogP contribution in [0.3, 0.4) is 0 Å². The normalized spacial score (nSPS) is 16.6. The minimum atomic E-state index is -4.53. The molecule has 3 aromatic heterocycles. The van der Waals surface area contributed by atoms with Crippen LogP contribution in [0.4, 0.5) is 24.8 Å². The standard InChI is InChI=1S/C26H26ClF3N8O2/c1-37-23-22(27)21(40-20(10-31)19-11-32-6-7-33-19)12-34-24(23)36-25(37)35-16-4-3-15(18(9-16)26(28,29)30)13-38-8-5-17(14-38)39-2/h3-4,6-7,9-12,17H,5,8,13-14,31H2,1-2H3,(H,34,35,36)/t17-/m0/s1. The third-order valence-electron chi connectivity index (χ3n) is 6.62. The van der Waals surface area contributed by atoms with Gasteiger partial charge in [-0.2, -0.15) is 18.2 Å². The average molecular weight is 575 g/mol. The number of anilines is 2. The van der Waals surface area contributed by atoms with Crippen LogP contribution in [0.25, 0.3) is 16.9 Å². The lowest BCUT2D eigenvalue weighted by Gasteiger charge is -2.20. The van der Waals surface area contributed by atoms with Crippen LogP contribution in [0, 0.1) is 0 Å². The Kier molecular flexibility index (Phi) is 7.79. The van der Waals surface area contributed by atoms with Gasteiger partial charge < -0.3 is 25.1 Å². The maximum atomic E-state index is 14.0. The van der Waals surface area contributed by atoms with E-state index < -0.39 is 11.7 Å². The van der Waals surface area contributed by atoms with E-state index in [0.29, 0.717) is 24.3 Å². The lowest BCUT2D eigenvalue weighted by Crippen LogP contribution is -2.24. The third kappa shape index (κ3) is 5.67. The summed E-state index contributed by atoms with van der Waals surface area (Å²) in [6, 6.07) is 4.16. The molecule has 1 fully saturated rings. The molecule has 0 spiro atoms. The van der Waals surface area contributed by atoms with Gasteiger partial charge in [-0.25, -0.2) is 9.97 Å². The van der Waals surface area contributed by atoms with Crippen molar-refractivity contribution in [1.29, 1.82) is 0 Å². The molecule has 0 bridgehead atoms. The van der Waals surface area contributed by atoms with E-state index in [1.807, 2.05) is 4.90 Å². The predicted molar refractivity (Wildman–Crippen MR) is 144 cm³/mol. The van der Waals surface area contributed by atoms with Crippen molar-refractivity contribution < 1.29 is 22.6 Å². The molecule has 0 radical (unpaired) electrons. The fourth-order valence-electron chi connectivity index (χ4n) is 4.57. The van der Waals surface area contributed by atoms with Gasteiger partial charge in [0.2, 0.25) is 5.95 Å². The maximum absolute atomic E-state index is 14.0. The molecule has 0 amide bonds. The van der Waals surface area contributed by atoms with Crippen LogP contribution in [0.5, 0.6) is 5.75 Å². The number of aromatic nitrogens is 5. The Morgan fingerprint density at radius 3 is 2.75 bits per heavy atom. The number of hydrogen-bond acceptors (Lipinski definition) is 9. The molecular formula is C26H26ClF3N8O2. The van der Waals surface area contributed by atoms with Gasteiger partial charge in [-0.15, -0.1) is 0 Å². The quantitative estimate of drug-likeness (QED) is 0.288. The van der Waals surface area contributed by atoms with Crippen molar-refractivity contribution in [1.82, 2.24) is 29.4 Å². The fourth-order valence-corrected chi connectivity index (χ4v) is 4.87. The van der Waals surface area contributed by atoms with Crippen molar-refractivity contribution in [3.8, 4) is 5.75 Å². The minimum Gasteiger partial charge on any atom is -0.450 e. The van der Waals surface area contributed by atoms with Gasteiger partial charge >= 0.3 is 6.18 Å². The Balaban J connectivity index is 1.41. The molecule has 1 aliphatic rings. The molecule has 1 aliphatic heterocycles. The van der Waals surface area contributed by atoms with E-state index >= 15 is 0 Å². The van der Waals surface area contributed by atoms with Crippen LogP contribution in [0.2, 0.25) is 5.02 Å². The number of fused-ring (bicyclic) bond motifs is 1. The summed E-state index contributed by atoms with van der Waals surface area (Å²) >= 11 is 6.64. The molecule has 4 heterocycles. The van der Waals surface area contributed by atoms with Crippen molar-refractivity contribution in [2.24, 2.45) is 12.8 Å². The first-order valence-electron chi connectivity index (χ1n) is 12.3. The van der Waals surface area contributed by atoms with Crippen molar-refractivity contribution in [3.05, 3.63) is 71.0 Å². The van der Waals surface area contributed by atoms with Crippen molar-refractivity contribution in [3.63, 3.8) is 0 Å². The number of nitrogens with zero attached hydrogens (tertiary/aromatic N) is 6. The number of methoxy groups -OCH3 is 1. The summed E-state index contributed by atoms with van der Waals surface area (Å²) in [5.41, 5.74) is 6.48. The second kappa shape index (κ2) is 11.3. The largest absolute Gasteiger partial charge is 0.450 e. The SMILES string of the molecule is CO[C@H]1CCN(Cc2ccc(Nc3nc4ncc(OC(=CN)c5cnccn5)c(Cl)c4n3C)cc2C(F)(F)F)C1. The number of nitrogens with two attached hydrogens (primary N) is 1. The van der Waals surface area contributed by atoms with E-state index in [0.717, 1.165) is 12.5 Å². The van der Waals surface area contributed by atoms with Crippen LogP contribution in [-0.2, 0) is 24.5 Å². The number of halogens is 4. The highest BCUT2D eigenvalue weighted by molar-refractivity contribution is 6.36. The molecule has 10 nitrogen and oxygen atoms in total. The number of ether oxygens (including phenoxy) is 2. The smallest absolute Gasteiger partial charge is 0.416 e. The van der Waals surface area contributed by atoms with Crippen LogP contribution in [-0.4, -0.2) is 55.7 Å². The van der Waals surface area contributed by atoms with Crippen LogP contribution >= 0.6 is 11.6 Å². The van der Waals surface area contributed by atoms with Gasteiger partial charge in [0.1, 0.15) is 16.2 Å². The van der Waals surface area contributed by atoms with E-state index in [2.05, 4.69) is 25.3 Å². The number of likely N-dealkylation sites (tertiary alicyclic amines) is 1. The Bertz CT molecular complexity index is 1540. The number of rotatable bonds is 8. The van der Waals surface area contributed by atoms with E-state index in [9.17, 15) is 13.2 Å². The minimum absolute atomic E-state index is 0.0316. The van der Waals surface area contributed by atoms with Crippen LogP contribution in [0.1, 0.15) is 23.2 Å². The van der Waals surface area contributed by atoms with Crippen molar-refractivity contribution in [2.75, 3.05) is 25.5 Å². The number of pyridine rings is 1. The number of nitrogens with one attached hydrogen (secondary N) is 1. The molecule has 1 atom stereocenters. The van der Waals surface area contributed by atoms with Gasteiger partial charge in [-0.1, -0.05) is 17.7 Å². The zero-order chi connectivity index (χ0) is 28.4. The van der Waals surface area contributed by atoms with Gasteiger partial charge in [0, 0.05) is 58.1 Å². The molecule has 4 aromatic rings. The molecule has 0 unspecified atom stereocenters. The number of benzene rings is 1. The summed E-state index contributed by atoms with van der Waals surface area (Å²) in [4.78, 5) is 18.8. The van der Waals surface area contributed by atoms with Crippen molar-refractivity contribution in [2.45, 2.75) is 25.2 Å². The van der Waals surface area contributed by atoms with Gasteiger partial charge in [0.05, 0.1) is 24.1 Å². The topological polar surface area (TPSA) is 116 Å². The van der Waals surface area contributed by atoms with E-state index in [-0.39, 0.29) is 52.0 Å². The summed E-state index contributed by atoms with van der Waals surface area (Å²) in [5.74, 6) is 0.643. The molecule has 210 valence electrons. The van der Waals surface area contributed by atoms with Gasteiger partial charge in [-0.3, -0.25) is 9.88 Å². The Morgan fingerprint density at radius 2 is 2.08 bits per heavy atom. The van der Waals surface area contributed by atoms with E-state index in [4.69, 9.17) is 26.8 Å². The van der Waals surface area contributed by atoms with Crippen molar-refractivity contribution >= 4 is 40.2 Å². The summed E-state index contributed by atoms with van der Waals surface area (Å²) in [6.07, 6.45) is 3.37. The Hall–Kier alpha value is -3.94. The van der Waals surface area contributed by atoms with Gasteiger partial charge in [0.15, 0.2) is 17.2 Å². The molecule has 1 saturated heterocycles. The first-order chi connectivity index (χ1) is 19.2. The molecule has 3 N–H and O–H groups in total. The summed E-state index contributed by atoms with van der Waals surface area (Å²) in [5, 5.41) is 3.15. The summed E-state index contributed by atoms with van der Waals surface area (Å²) in [7, 11) is 3.28. The molecule has 1 aromatic carbocycles. The second-order valence-corrected chi connectivity index (χ2v) is 9.58. The zero-order valence-electron chi connectivity index (χ0n) is 21.6. The molecule has 5 rings (SSSR count). The highest BCUT2D eigenvalue weighted by atomic mass is 35.5. The van der Waals surface area contributed by atoms with Crippen LogP contribution in [0.15, 0.2) is 49.2 Å². The number of hydrogen-bond donors (Lipinski definition) is 2. The average Bonchev–Trinajstić information content (AvgIpc) is 3.53. The first-order valence-corrected chi connectivity index (χ1v) is 12.6. The highest BCUT2D eigenvalue weighted by Crippen LogP contribution is 2.37. The summed E-state index contributed by atoms with van der Waals surface area (Å²) < 4.78 is 54.9. The monoisotopic (exact) mass is 574 g/mol. The number of imidazole rings is 1. The number of alkyl halides is 3. The molecule has 0 saturated carbocycles. The Morgan fingerprint density at radius 1 is 1.25 bits per heavy atom. The van der Waals surface area contributed by atoms with Gasteiger partial charge in [0.25, 0.3) is 0 Å². The third-order valence-corrected chi connectivity index (χ3v) is 6.99. The molecule has 14 heteroatoms. The molecular weight excluding hydrogens is 549 g/mol. The lowest BCUT2D eigenvalue weighted by molar-refractivity contribution is -0.138. The Labute approximate surface area is 232 Å². The zero-order valence-corrected chi connectivity index (χ0v) is 22.4. The lowest BCUT2D eigenvalue weighted by atomic mass is 10.1. The first kappa shape index (κ1) is 27.6. The van der Waals surface area contributed by atoms with Gasteiger partial charge in [-0.05, 0) is 24.1 Å². The predicted octanol–water partition coefficient (Wildman–Crippen LogP) is 4.73. The van der Waals surface area contributed by atoms with E-state index in [1.54, 1.807) is 24.8 Å². The highest BCUT2D eigenvalue weighted by Gasteiger charge is 2.35. The summed E-state index contributed by atoms with van der Waals surface area (Å²) in [6.45, 7) is 1.45. The second-order valence-electron chi connectivity index (χ2n) is 9.20. The van der Waals surface area contributed by atoms with E-state index in [1.165, 1.54) is 37.1 Å². The number of aryl methyl sites for hydroxylation is 1. The fraction of sp³-hybridized carbons (Fsp3) is 0.308. The maximum Gasteiger partial charge on any atom is 0.416 e.